The number of anilines is 3. The summed E-state index contributed by atoms with van der Waals surface area (Å²) in [5.41, 5.74) is 13.0. The van der Waals surface area contributed by atoms with Crippen LogP contribution in [0.1, 0.15) is 10.4 Å². The molecule has 4 N–H and O–H groups in total. The molecule has 19 heavy (non-hydrogen) atoms. The van der Waals surface area contributed by atoms with Gasteiger partial charge in [-0.1, -0.05) is 6.07 Å². The van der Waals surface area contributed by atoms with Gasteiger partial charge in [-0.2, -0.15) is 0 Å². The Labute approximate surface area is 110 Å². The van der Waals surface area contributed by atoms with Crippen LogP contribution < -0.4 is 16.4 Å². The summed E-state index contributed by atoms with van der Waals surface area (Å²) in [7, 11) is 1.72. The Kier molecular flexibility index (Phi) is 3.37. The summed E-state index contributed by atoms with van der Waals surface area (Å²) in [4.78, 5) is 13.1. The van der Waals surface area contributed by atoms with E-state index >= 15 is 0 Å². The van der Waals surface area contributed by atoms with Gasteiger partial charge in [0.2, 0.25) is 0 Å². The zero-order valence-electron chi connectivity index (χ0n) is 10.4. The van der Waals surface area contributed by atoms with Gasteiger partial charge in [0.05, 0.1) is 11.3 Å². The van der Waals surface area contributed by atoms with E-state index in [4.69, 9.17) is 11.5 Å². The van der Waals surface area contributed by atoms with Crippen molar-refractivity contribution in [3.8, 4) is 0 Å². The molecule has 4 nitrogen and oxygen atoms in total. The number of carbonyl (C=O) groups excluding carboxylic acids is 1. The molecule has 5 heteroatoms. The topological polar surface area (TPSA) is 72.3 Å². The van der Waals surface area contributed by atoms with Crippen LogP contribution >= 0.6 is 0 Å². The molecule has 0 aliphatic carbocycles. The van der Waals surface area contributed by atoms with Crippen molar-refractivity contribution >= 4 is 23.0 Å². The average molecular weight is 259 g/mol. The number of hydrogen-bond donors (Lipinski definition) is 2. The molecule has 0 saturated heterocycles. The summed E-state index contributed by atoms with van der Waals surface area (Å²) in [6.45, 7) is 0. The van der Waals surface area contributed by atoms with Crippen molar-refractivity contribution in [1.82, 2.24) is 0 Å². The second-order valence-corrected chi connectivity index (χ2v) is 4.18. The second-order valence-electron chi connectivity index (χ2n) is 4.18. The molecule has 0 aliphatic rings. The number of halogens is 1. The monoisotopic (exact) mass is 259 g/mol. The van der Waals surface area contributed by atoms with E-state index in [-0.39, 0.29) is 5.82 Å². The van der Waals surface area contributed by atoms with Crippen molar-refractivity contribution in [2.24, 2.45) is 5.73 Å². The van der Waals surface area contributed by atoms with Crippen LogP contribution in [0, 0.1) is 5.82 Å². The first-order valence-corrected chi connectivity index (χ1v) is 5.67. The number of primary amides is 1. The maximum absolute atomic E-state index is 13.2. The standard InChI is InChI=1S/C14H14FN3O/c1-18(11-4-2-3-9(15)7-11)13-8-10(16)5-6-12(13)14(17)19/h2-8H,16H2,1H3,(H2,17,19). The molecule has 2 aromatic carbocycles. The first kappa shape index (κ1) is 12.9. The fourth-order valence-electron chi connectivity index (χ4n) is 1.86. The molecule has 0 unspecified atom stereocenters. The van der Waals surface area contributed by atoms with Gasteiger partial charge in [0.25, 0.3) is 5.91 Å². The zero-order valence-corrected chi connectivity index (χ0v) is 10.4. The molecule has 1 amide bonds. The lowest BCUT2D eigenvalue weighted by Crippen LogP contribution is -2.18. The van der Waals surface area contributed by atoms with Crippen LogP contribution in [-0.4, -0.2) is 13.0 Å². The molecule has 0 atom stereocenters. The van der Waals surface area contributed by atoms with E-state index in [0.29, 0.717) is 22.6 Å². The van der Waals surface area contributed by atoms with Gasteiger partial charge in [0.15, 0.2) is 0 Å². The highest BCUT2D eigenvalue weighted by molar-refractivity contribution is 6.00. The highest BCUT2D eigenvalue weighted by Gasteiger charge is 2.14. The number of nitrogen functional groups attached to an aromatic ring is 1. The predicted molar refractivity (Wildman–Crippen MR) is 73.8 cm³/mol. The summed E-state index contributed by atoms with van der Waals surface area (Å²) in [6, 6.07) is 10.8. The number of nitrogens with zero attached hydrogens (tertiary/aromatic N) is 1. The Hall–Kier alpha value is -2.56. The summed E-state index contributed by atoms with van der Waals surface area (Å²) < 4.78 is 13.2. The second kappa shape index (κ2) is 4.97. The molecular formula is C14H14FN3O. The van der Waals surface area contributed by atoms with Gasteiger partial charge >= 0.3 is 0 Å². The van der Waals surface area contributed by atoms with Crippen LogP contribution in [0.4, 0.5) is 21.5 Å². The zero-order chi connectivity index (χ0) is 14.0. The first-order valence-electron chi connectivity index (χ1n) is 5.67. The minimum atomic E-state index is -0.557. The number of benzene rings is 2. The molecule has 2 aromatic rings. The normalized spacial score (nSPS) is 10.2. The molecular weight excluding hydrogens is 245 g/mol. The fourth-order valence-corrected chi connectivity index (χ4v) is 1.86. The fraction of sp³-hybridized carbons (Fsp3) is 0.0714. The van der Waals surface area contributed by atoms with Crippen molar-refractivity contribution in [3.63, 3.8) is 0 Å². The minimum absolute atomic E-state index is 0.334. The smallest absolute Gasteiger partial charge is 0.250 e. The molecule has 0 radical (unpaired) electrons. The molecule has 0 spiro atoms. The quantitative estimate of drug-likeness (QED) is 0.830. The van der Waals surface area contributed by atoms with E-state index in [9.17, 15) is 9.18 Å². The van der Waals surface area contributed by atoms with E-state index in [0.717, 1.165) is 0 Å². The first-order chi connectivity index (χ1) is 8.99. The van der Waals surface area contributed by atoms with Gasteiger partial charge in [-0.15, -0.1) is 0 Å². The van der Waals surface area contributed by atoms with E-state index in [1.807, 2.05) is 0 Å². The highest BCUT2D eigenvalue weighted by Crippen LogP contribution is 2.29. The van der Waals surface area contributed by atoms with Gasteiger partial charge in [0, 0.05) is 18.4 Å². The van der Waals surface area contributed by atoms with Gasteiger partial charge in [0.1, 0.15) is 5.82 Å². The van der Waals surface area contributed by atoms with Gasteiger partial charge in [-0.25, -0.2) is 4.39 Å². The van der Waals surface area contributed by atoms with Crippen molar-refractivity contribution in [1.29, 1.82) is 0 Å². The van der Waals surface area contributed by atoms with E-state index in [1.54, 1.807) is 42.3 Å². The number of nitrogens with two attached hydrogens (primary N) is 2. The van der Waals surface area contributed by atoms with Crippen LogP contribution in [0.2, 0.25) is 0 Å². The molecule has 98 valence electrons. The van der Waals surface area contributed by atoms with Crippen LogP contribution in [0.3, 0.4) is 0 Å². The lowest BCUT2D eigenvalue weighted by molar-refractivity contribution is 0.100. The third-order valence-electron chi connectivity index (χ3n) is 2.84. The Balaban J connectivity index is 2.51. The average Bonchev–Trinajstić information content (AvgIpc) is 2.37. The highest BCUT2D eigenvalue weighted by atomic mass is 19.1. The Bertz CT molecular complexity index is 628. The van der Waals surface area contributed by atoms with Crippen LogP contribution in [0.25, 0.3) is 0 Å². The maximum Gasteiger partial charge on any atom is 0.250 e. The number of carbonyl (C=O) groups is 1. The van der Waals surface area contributed by atoms with Crippen molar-refractivity contribution in [2.75, 3.05) is 17.7 Å². The Morgan fingerprint density at radius 1 is 1.21 bits per heavy atom. The van der Waals surface area contributed by atoms with Gasteiger partial charge < -0.3 is 16.4 Å². The molecule has 0 saturated carbocycles. The van der Waals surface area contributed by atoms with Gasteiger partial charge in [-0.05, 0) is 36.4 Å². The SMILES string of the molecule is CN(c1cccc(F)c1)c1cc(N)ccc1C(N)=O. The lowest BCUT2D eigenvalue weighted by Gasteiger charge is -2.22. The van der Waals surface area contributed by atoms with Crippen molar-refractivity contribution < 1.29 is 9.18 Å². The Morgan fingerprint density at radius 2 is 1.95 bits per heavy atom. The third kappa shape index (κ3) is 2.65. The van der Waals surface area contributed by atoms with E-state index < -0.39 is 5.91 Å². The summed E-state index contributed by atoms with van der Waals surface area (Å²) in [5.74, 6) is -0.910. The number of rotatable bonds is 3. The predicted octanol–water partition coefficient (Wildman–Crippen LogP) is 2.27. The number of amides is 1. The number of hydrogen-bond acceptors (Lipinski definition) is 3. The lowest BCUT2D eigenvalue weighted by atomic mass is 10.1. The molecule has 0 heterocycles. The van der Waals surface area contributed by atoms with Crippen LogP contribution in [-0.2, 0) is 0 Å². The summed E-state index contributed by atoms with van der Waals surface area (Å²) in [6.07, 6.45) is 0. The van der Waals surface area contributed by atoms with Gasteiger partial charge in [-0.3, -0.25) is 4.79 Å². The van der Waals surface area contributed by atoms with Crippen LogP contribution in [0.15, 0.2) is 42.5 Å². The summed E-state index contributed by atoms with van der Waals surface area (Å²) in [5, 5.41) is 0. The maximum atomic E-state index is 13.2. The minimum Gasteiger partial charge on any atom is -0.399 e. The van der Waals surface area contributed by atoms with Crippen molar-refractivity contribution in [3.05, 3.63) is 53.8 Å². The molecule has 0 aliphatic heterocycles. The van der Waals surface area contributed by atoms with E-state index in [1.165, 1.54) is 12.1 Å². The van der Waals surface area contributed by atoms with Crippen LogP contribution in [0.5, 0.6) is 0 Å². The molecule has 2 rings (SSSR count). The molecule has 0 fully saturated rings. The largest absolute Gasteiger partial charge is 0.399 e. The Morgan fingerprint density at radius 3 is 2.58 bits per heavy atom. The third-order valence-corrected chi connectivity index (χ3v) is 2.84. The summed E-state index contributed by atoms with van der Waals surface area (Å²) >= 11 is 0. The molecule has 0 aromatic heterocycles. The molecule has 0 bridgehead atoms. The van der Waals surface area contributed by atoms with E-state index in [2.05, 4.69) is 0 Å². The van der Waals surface area contributed by atoms with Crippen molar-refractivity contribution in [2.45, 2.75) is 0 Å².